The van der Waals surface area contributed by atoms with Crippen LogP contribution in [0.5, 0.6) is 5.75 Å². The highest BCUT2D eigenvalue weighted by Crippen LogP contribution is 2.38. The number of esters is 1. The number of thiocarbonyl (C=S) groups is 1. The van der Waals surface area contributed by atoms with Gasteiger partial charge in [-0.25, -0.2) is 4.79 Å². The molecule has 0 saturated heterocycles. The monoisotopic (exact) mass is 502 g/mol. The van der Waals surface area contributed by atoms with E-state index in [0.717, 1.165) is 54.5 Å². The molecule has 0 fully saturated rings. The van der Waals surface area contributed by atoms with Crippen molar-refractivity contribution in [2.45, 2.75) is 66.2 Å². The lowest BCUT2D eigenvalue weighted by atomic mass is 9.87. The smallest absolute Gasteiger partial charge is 0.341 e. The van der Waals surface area contributed by atoms with Crippen molar-refractivity contribution in [2.75, 3.05) is 19.0 Å². The van der Waals surface area contributed by atoms with Gasteiger partial charge < -0.3 is 20.1 Å². The average molecular weight is 503 g/mol. The Morgan fingerprint density at radius 3 is 2.65 bits per heavy atom. The normalized spacial score (nSPS) is 13.1. The highest BCUT2D eigenvalue weighted by Gasteiger charge is 2.30. The van der Waals surface area contributed by atoms with Gasteiger partial charge in [0.2, 0.25) is 5.91 Å². The minimum atomic E-state index is -0.628. The number of aryl methyl sites for hydroxylation is 3. The Kier molecular flexibility index (Phi) is 8.71. The van der Waals surface area contributed by atoms with E-state index in [9.17, 15) is 9.59 Å². The van der Waals surface area contributed by atoms with Crippen LogP contribution in [0.1, 0.15) is 71.5 Å². The zero-order chi connectivity index (χ0) is 24.9. The van der Waals surface area contributed by atoms with Crippen molar-refractivity contribution in [1.82, 2.24) is 5.32 Å². The largest absolute Gasteiger partial charge is 0.493 e. The van der Waals surface area contributed by atoms with Crippen molar-refractivity contribution in [1.29, 1.82) is 0 Å². The highest BCUT2D eigenvalue weighted by atomic mass is 32.1. The number of hydrogen-bond donors (Lipinski definition) is 2. The van der Waals surface area contributed by atoms with E-state index >= 15 is 0 Å². The van der Waals surface area contributed by atoms with Crippen molar-refractivity contribution < 1.29 is 19.1 Å². The van der Waals surface area contributed by atoms with E-state index < -0.39 is 5.41 Å². The van der Waals surface area contributed by atoms with E-state index in [1.165, 1.54) is 23.3 Å². The van der Waals surface area contributed by atoms with E-state index in [0.29, 0.717) is 23.6 Å². The lowest BCUT2D eigenvalue weighted by molar-refractivity contribution is -0.128. The van der Waals surface area contributed by atoms with Crippen molar-refractivity contribution in [3.63, 3.8) is 0 Å². The predicted molar refractivity (Wildman–Crippen MR) is 141 cm³/mol. The first-order valence-corrected chi connectivity index (χ1v) is 12.9. The van der Waals surface area contributed by atoms with Gasteiger partial charge in [-0.3, -0.25) is 4.79 Å². The molecule has 0 aliphatic heterocycles. The summed E-state index contributed by atoms with van der Waals surface area (Å²) in [7, 11) is 1.38. The fourth-order valence-electron chi connectivity index (χ4n) is 4.05. The van der Waals surface area contributed by atoms with E-state index in [1.807, 2.05) is 39.8 Å². The molecular formula is C26H34N2O4S2. The Morgan fingerprint density at radius 2 is 1.91 bits per heavy atom. The summed E-state index contributed by atoms with van der Waals surface area (Å²) in [5, 5.41) is 6.71. The van der Waals surface area contributed by atoms with E-state index in [2.05, 4.69) is 16.7 Å². The van der Waals surface area contributed by atoms with Crippen LogP contribution in [0.15, 0.2) is 18.2 Å². The Balaban J connectivity index is 1.55. The predicted octanol–water partition coefficient (Wildman–Crippen LogP) is 5.73. The standard InChI is InChI=1S/C26H34N2O4S2/c1-16-11-12-17(2)19(15-16)32-14-8-13-26(3,4)24(30)28-25(33)27-22-21(23(29)31-5)18-9-6-7-10-20(18)34-22/h11-12,15H,6-10,13-14H2,1-5H3,(H2,27,28,30,33). The second-order valence-electron chi connectivity index (χ2n) is 9.42. The number of benzene rings is 1. The van der Waals surface area contributed by atoms with Gasteiger partial charge in [0.05, 0.1) is 19.3 Å². The number of fused-ring (bicyclic) bond motifs is 1. The quantitative estimate of drug-likeness (QED) is 0.273. The van der Waals surface area contributed by atoms with Gasteiger partial charge in [-0.05, 0) is 87.3 Å². The number of anilines is 1. The molecule has 0 bridgehead atoms. The molecule has 0 atom stereocenters. The Morgan fingerprint density at radius 1 is 1.18 bits per heavy atom. The fourth-order valence-corrected chi connectivity index (χ4v) is 5.59. The third-order valence-corrected chi connectivity index (χ3v) is 7.59. The van der Waals surface area contributed by atoms with Crippen molar-refractivity contribution in [3.8, 4) is 5.75 Å². The summed E-state index contributed by atoms with van der Waals surface area (Å²) >= 11 is 6.93. The molecule has 34 heavy (non-hydrogen) atoms. The number of methoxy groups -OCH3 is 1. The SMILES string of the molecule is COC(=O)c1c(NC(=S)NC(=O)C(C)(C)CCCOc2cc(C)ccc2C)sc2c1CCCC2. The summed E-state index contributed by atoms with van der Waals surface area (Å²) in [5.41, 5.74) is 3.21. The highest BCUT2D eigenvalue weighted by molar-refractivity contribution is 7.80. The Hall–Kier alpha value is -2.45. The van der Waals surface area contributed by atoms with Crippen LogP contribution in [0.25, 0.3) is 0 Å². The Labute approximate surface area is 211 Å². The zero-order valence-corrected chi connectivity index (χ0v) is 22.3. The summed E-state index contributed by atoms with van der Waals surface area (Å²) in [4.78, 5) is 26.5. The van der Waals surface area contributed by atoms with Crippen LogP contribution in [0.3, 0.4) is 0 Å². The number of carbonyl (C=O) groups is 2. The van der Waals surface area contributed by atoms with Crippen LogP contribution in [0.2, 0.25) is 0 Å². The van der Waals surface area contributed by atoms with Crippen molar-refractivity contribution >= 4 is 45.5 Å². The van der Waals surface area contributed by atoms with Crippen LogP contribution in [0.4, 0.5) is 5.00 Å². The molecule has 1 aliphatic carbocycles. The molecule has 1 aromatic heterocycles. The number of ether oxygens (including phenoxy) is 2. The van der Waals surface area contributed by atoms with E-state index in [-0.39, 0.29) is 17.0 Å². The zero-order valence-electron chi connectivity index (χ0n) is 20.6. The Bertz CT molecular complexity index is 1070. The second kappa shape index (κ2) is 11.3. The molecular weight excluding hydrogens is 468 g/mol. The minimum Gasteiger partial charge on any atom is -0.493 e. The molecule has 1 aromatic carbocycles. The fraction of sp³-hybridized carbons (Fsp3) is 0.500. The van der Waals surface area contributed by atoms with Gasteiger partial charge in [0.15, 0.2) is 5.11 Å². The summed E-state index contributed by atoms with van der Waals surface area (Å²) < 4.78 is 10.9. The maximum absolute atomic E-state index is 12.9. The molecule has 8 heteroatoms. The van der Waals surface area contributed by atoms with Gasteiger partial charge in [0.1, 0.15) is 10.8 Å². The van der Waals surface area contributed by atoms with Gasteiger partial charge in [-0.15, -0.1) is 11.3 Å². The maximum Gasteiger partial charge on any atom is 0.341 e. The molecule has 184 valence electrons. The van der Waals surface area contributed by atoms with E-state index in [1.54, 1.807) is 0 Å². The van der Waals surface area contributed by atoms with Gasteiger partial charge in [0.25, 0.3) is 0 Å². The number of hydrogen-bond acceptors (Lipinski definition) is 6. The van der Waals surface area contributed by atoms with E-state index in [4.69, 9.17) is 21.7 Å². The molecule has 2 N–H and O–H groups in total. The van der Waals surface area contributed by atoms with Crippen LogP contribution in [-0.4, -0.2) is 30.7 Å². The summed E-state index contributed by atoms with van der Waals surface area (Å²) in [6.45, 7) is 8.39. The van der Waals surface area contributed by atoms with Gasteiger partial charge >= 0.3 is 5.97 Å². The van der Waals surface area contributed by atoms with Gasteiger partial charge in [-0.1, -0.05) is 26.0 Å². The molecule has 6 nitrogen and oxygen atoms in total. The molecule has 1 aliphatic rings. The van der Waals surface area contributed by atoms with Crippen molar-refractivity contribution in [2.24, 2.45) is 5.41 Å². The molecule has 3 rings (SSSR count). The lowest BCUT2D eigenvalue weighted by Gasteiger charge is -2.24. The summed E-state index contributed by atoms with van der Waals surface area (Å²) in [5.74, 6) is 0.338. The number of thiophene rings is 1. The second-order valence-corrected chi connectivity index (χ2v) is 10.9. The third kappa shape index (κ3) is 6.36. The van der Waals surface area contributed by atoms with Crippen LogP contribution < -0.4 is 15.4 Å². The molecule has 0 unspecified atom stereocenters. The van der Waals surface area contributed by atoms with Crippen LogP contribution in [-0.2, 0) is 22.4 Å². The first-order valence-electron chi connectivity index (χ1n) is 11.7. The van der Waals surface area contributed by atoms with Gasteiger partial charge in [-0.2, -0.15) is 0 Å². The molecule has 1 amide bonds. The number of nitrogens with one attached hydrogen (secondary N) is 2. The van der Waals surface area contributed by atoms with Crippen LogP contribution in [0, 0.1) is 19.3 Å². The summed E-state index contributed by atoms with van der Waals surface area (Å²) in [6, 6.07) is 6.14. The molecule has 1 heterocycles. The van der Waals surface area contributed by atoms with Gasteiger partial charge in [0, 0.05) is 10.3 Å². The number of carbonyl (C=O) groups excluding carboxylic acids is 2. The maximum atomic E-state index is 12.9. The first-order chi connectivity index (χ1) is 16.1. The molecule has 0 spiro atoms. The van der Waals surface area contributed by atoms with Crippen molar-refractivity contribution in [3.05, 3.63) is 45.3 Å². The average Bonchev–Trinajstić information content (AvgIpc) is 3.15. The molecule has 0 saturated carbocycles. The minimum absolute atomic E-state index is 0.169. The lowest BCUT2D eigenvalue weighted by Crippen LogP contribution is -2.42. The summed E-state index contributed by atoms with van der Waals surface area (Å²) in [6.07, 6.45) is 5.34. The topological polar surface area (TPSA) is 76.7 Å². The van der Waals surface area contributed by atoms with Crippen LogP contribution >= 0.6 is 23.6 Å². The number of rotatable bonds is 8. The molecule has 2 aromatic rings. The molecule has 0 radical (unpaired) electrons. The third-order valence-electron chi connectivity index (χ3n) is 6.18. The number of amides is 1. The first kappa shape index (κ1) is 26.2.